The fourth-order valence-electron chi connectivity index (χ4n) is 2.49. The number of amides is 1. The van der Waals surface area contributed by atoms with Crippen LogP contribution in [0.3, 0.4) is 0 Å². The van der Waals surface area contributed by atoms with Crippen LogP contribution in [0.15, 0.2) is 17.5 Å². The minimum absolute atomic E-state index is 0.168. The van der Waals surface area contributed by atoms with Crippen molar-refractivity contribution < 1.29 is 4.79 Å². The van der Waals surface area contributed by atoms with Gasteiger partial charge in [-0.15, -0.1) is 11.3 Å². The smallest absolute Gasteiger partial charge is 0.228 e. The molecule has 18 heavy (non-hydrogen) atoms. The third kappa shape index (κ3) is 2.93. The Morgan fingerprint density at radius 2 is 2.22 bits per heavy atom. The van der Waals surface area contributed by atoms with E-state index in [-0.39, 0.29) is 5.41 Å². The second-order valence-electron chi connectivity index (χ2n) is 5.21. The van der Waals surface area contributed by atoms with Crippen LogP contribution in [0.5, 0.6) is 0 Å². The van der Waals surface area contributed by atoms with Gasteiger partial charge in [0.05, 0.1) is 6.54 Å². The van der Waals surface area contributed by atoms with Crippen LogP contribution in [0.25, 0.3) is 0 Å². The van der Waals surface area contributed by atoms with Gasteiger partial charge >= 0.3 is 0 Å². The van der Waals surface area contributed by atoms with E-state index in [1.54, 1.807) is 11.3 Å². The fourth-order valence-corrected chi connectivity index (χ4v) is 3.21. The summed E-state index contributed by atoms with van der Waals surface area (Å²) in [6, 6.07) is 4.15. The molecule has 1 fully saturated rings. The van der Waals surface area contributed by atoms with Crippen molar-refractivity contribution >= 4 is 17.2 Å². The SMILES string of the molecule is CCN(Cc1cccs1)C(=O)C1(C)CCNCC1. The largest absolute Gasteiger partial charge is 0.337 e. The van der Waals surface area contributed by atoms with Gasteiger partial charge in [-0.2, -0.15) is 0 Å². The lowest BCUT2D eigenvalue weighted by Crippen LogP contribution is -2.47. The van der Waals surface area contributed by atoms with Crippen LogP contribution < -0.4 is 5.32 Å². The summed E-state index contributed by atoms with van der Waals surface area (Å²) >= 11 is 1.72. The Labute approximate surface area is 113 Å². The lowest BCUT2D eigenvalue weighted by atomic mass is 9.79. The van der Waals surface area contributed by atoms with Crippen molar-refractivity contribution in [2.75, 3.05) is 19.6 Å². The van der Waals surface area contributed by atoms with Crippen LogP contribution in [0, 0.1) is 5.41 Å². The van der Waals surface area contributed by atoms with Crippen molar-refractivity contribution in [3.63, 3.8) is 0 Å². The van der Waals surface area contributed by atoms with E-state index in [0.717, 1.165) is 39.0 Å². The van der Waals surface area contributed by atoms with Crippen molar-refractivity contribution in [2.24, 2.45) is 5.41 Å². The highest BCUT2D eigenvalue weighted by molar-refractivity contribution is 7.09. The van der Waals surface area contributed by atoms with Crippen molar-refractivity contribution in [2.45, 2.75) is 33.2 Å². The predicted molar refractivity (Wildman–Crippen MR) is 75.6 cm³/mol. The second kappa shape index (κ2) is 5.85. The topological polar surface area (TPSA) is 32.3 Å². The van der Waals surface area contributed by atoms with Crippen LogP contribution in [0.2, 0.25) is 0 Å². The molecule has 0 saturated carbocycles. The molecule has 1 aliphatic heterocycles. The van der Waals surface area contributed by atoms with Crippen molar-refractivity contribution in [3.05, 3.63) is 22.4 Å². The molecule has 0 spiro atoms. The van der Waals surface area contributed by atoms with Crippen molar-refractivity contribution in [3.8, 4) is 0 Å². The predicted octanol–water partition coefficient (Wildman–Crippen LogP) is 2.49. The highest BCUT2D eigenvalue weighted by Gasteiger charge is 2.37. The zero-order chi connectivity index (χ0) is 13.0. The molecule has 2 heterocycles. The Kier molecular flexibility index (Phi) is 4.40. The minimum Gasteiger partial charge on any atom is -0.337 e. The van der Waals surface area contributed by atoms with Gasteiger partial charge in [0.1, 0.15) is 0 Å². The van der Waals surface area contributed by atoms with E-state index in [0.29, 0.717) is 5.91 Å². The highest BCUT2D eigenvalue weighted by atomic mass is 32.1. The Bertz CT molecular complexity index is 383. The van der Waals surface area contributed by atoms with Gasteiger partial charge in [-0.1, -0.05) is 13.0 Å². The first kappa shape index (κ1) is 13.6. The van der Waals surface area contributed by atoms with E-state index in [9.17, 15) is 4.79 Å². The summed E-state index contributed by atoms with van der Waals surface area (Å²) in [5.41, 5.74) is -0.168. The van der Waals surface area contributed by atoms with E-state index in [4.69, 9.17) is 0 Å². The molecule has 1 amide bonds. The lowest BCUT2D eigenvalue weighted by molar-refractivity contribution is -0.143. The Hall–Kier alpha value is -0.870. The number of hydrogen-bond donors (Lipinski definition) is 1. The number of carbonyl (C=O) groups is 1. The molecule has 4 heteroatoms. The van der Waals surface area contributed by atoms with Crippen molar-refractivity contribution in [1.29, 1.82) is 0 Å². The number of nitrogens with zero attached hydrogens (tertiary/aromatic N) is 1. The van der Waals surface area contributed by atoms with Gasteiger partial charge in [0.25, 0.3) is 0 Å². The molecule has 2 rings (SSSR count). The standard InChI is InChI=1S/C14H22N2OS/c1-3-16(11-12-5-4-10-18-12)13(17)14(2)6-8-15-9-7-14/h4-5,10,15H,3,6-9,11H2,1-2H3. The van der Waals surface area contributed by atoms with Gasteiger partial charge in [0, 0.05) is 16.8 Å². The molecule has 0 bridgehead atoms. The van der Waals surface area contributed by atoms with E-state index >= 15 is 0 Å². The van der Waals surface area contributed by atoms with Crippen LogP contribution in [-0.2, 0) is 11.3 Å². The lowest BCUT2D eigenvalue weighted by Gasteiger charge is -2.37. The Morgan fingerprint density at radius 3 is 2.78 bits per heavy atom. The molecule has 3 nitrogen and oxygen atoms in total. The number of hydrogen-bond acceptors (Lipinski definition) is 3. The first-order chi connectivity index (χ1) is 8.65. The molecule has 1 aliphatic rings. The van der Waals surface area contributed by atoms with Crippen LogP contribution in [-0.4, -0.2) is 30.4 Å². The molecular formula is C14H22N2OS. The van der Waals surface area contributed by atoms with Crippen LogP contribution in [0.1, 0.15) is 31.6 Å². The third-order valence-electron chi connectivity index (χ3n) is 3.82. The van der Waals surface area contributed by atoms with Gasteiger partial charge in [0.15, 0.2) is 0 Å². The zero-order valence-corrected chi connectivity index (χ0v) is 12.1. The summed E-state index contributed by atoms with van der Waals surface area (Å²) < 4.78 is 0. The zero-order valence-electron chi connectivity index (χ0n) is 11.2. The highest BCUT2D eigenvalue weighted by Crippen LogP contribution is 2.31. The van der Waals surface area contributed by atoms with Gasteiger partial charge in [-0.05, 0) is 44.3 Å². The van der Waals surface area contributed by atoms with Gasteiger partial charge in [0.2, 0.25) is 5.91 Å². The number of rotatable bonds is 4. The quantitative estimate of drug-likeness (QED) is 0.908. The molecule has 0 radical (unpaired) electrons. The maximum atomic E-state index is 12.7. The first-order valence-corrected chi connectivity index (χ1v) is 7.56. The summed E-state index contributed by atoms with van der Waals surface area (Å²) in [7, 11) is 0. The molecule has 0 aliphatic carbocycles. The molecule has 1 aromatic rings. The Morgan fingerprint density at radius 1 is 1.50 bits per heavy atom. The summed E-state index contributed by atoms with van der Waals surface area (Å²) in [5.74, 6) is 0.319. The van der Waals surface area contributed by atoms with E-state index in [2.05, 4.69) is 30.6 Å². The van der Waals surface area contributed by atoms with E-state index in [1.807, 2.05) is 11.0 Å². The maximum absolute atomic E-state index is 12.7. The van der Waals surface area contributed by atoms with Gasteiger partial charge in [-0.3, -0.25) is 4.79 Å². The van der Waals surface area contributed by atoms with Crippen LogP contribution in [0.4, 0.5) is 0 Å². The summed E-state index contributed by atoms with van der Waals surface area (Å²) in [5, 5.41) is 5.40. The van der Waals surface area contributed by atoms with Crippen LogP contribution >= 0.6 is 11.3 Å². The third-order valence-corrected chi connectivity index (χ3v) is 4.68. The monoisotopic (exact) mass is 266 g/mol. The molecule has 0 atom stereocenters. The minimum atomic E-state index is -0.168. The molecule has 0 unspecified atom stereocenters. The fraction of sp³-hybridized carbons (Fsp3) is 0.643. The number of piperidine rings is 1. The average Bonchev–Trinajstić information content (AvgIpc) is 2.89. The maximum Gasteiger partial charge on any atom is 0.228 e. The molecule has 0 aromatic carbocycles. The summed E-state index contributed by atoms with van der Waals surface area (Å²) in [6.07, 6.45) is 1.90. The normalized spacial score (nSPS) is 18.6. The Balaban J connectivity index is 2.04. The molecule has 1 saturated heterocycles. The van der Waals surface area contributed by atoms with Gasteiger partial charge in [-0.25, -0.2) is 0 Å². The first-order valence-electron chi connectivity index (χ1n) is 6.68. The summed E-state index contributed by atoms with van der Waals surface area (Å²) in [6.45, 7) is 7.65. The van der Waals surface area contributed by atoms with Gasteiger partial charge < -0.3 is 10.2 Å². The van der Waals surface area contributed by atoms with Crippen molar-refractivity contribution in [1.82, 2.24) is 10.2 Å². The molecule has 1 N–H and O–H groups in total. The summed E-state index contributed by atoms with van der Waals surface area (Å²) in [4.78, 5) is 15.9. The number of nitrogens with one attached hydrogen (secondary N) is 1. The number of thiophene rings is 1. The molecule has 1 aromatic heterocycles. The van der Waals surface area contributed by atoms with E-state index < -0.39 is 0 Å². The second-order valence-corrected chi connectivity index (χ2v) is 6.24. The molecule has 100 valence electrons. The average molecular weight is 266 g/mol. The number of carbonyl (C=O) groups excluding carboxylic acids is 1. The van der Waals surface area contributed by atoms with E-state index in [1.165, 1.54) is 4.88 Å². The molecular weight excluding hydrogens is 244 g/mol.